The van der Waals surface area contributed by atoms with Gasteiger partial charge in [-0.25, -0.2) is 9.98 Å². The molecule has 20 heavy (non-hydrogen) atoms. The molecule has 0 aliphatic rings. The molecule has 0 saturated carbocycles. The highest BCUT2D eigenvalue weighted by atomic mass is 35.5. The summed E-state index contributed by atoms with van der Waals surface area (Å²) in [6.45, 7) is 8.10. The predicted octanol–water partition coefficient (Wildman–Crippen LogP) is 4.72. The van der Waals surface area contributed by atoms with E-state index in [1.165, 1.54) is 51.4 Å². The Morgan fingerprint density at radius 1 is 0.750 bits per heavy atom. The highest BCUT2D eigenvalue weighted by Gasteiger charge is 1.91. The molecule has 0 unspecified atom stereocenters. The Morgan fingerprint density at radius 2 is 1.35 bits per heavy atom. The molecule has 0 atom stereocenters. The number of aliphatic imine (C=N–C) groups is 2. The minimum atomic E-state index is 0. The van der Waals surface area contributed by atoms with E-state index >= 15 is 0 Å². The second-order valence-corrected chi connectivity index (χ2v) is 5.03. The zero-order valence-electron chi connectivity index (χ0n) is 13.5. The van der Waals surface area contributed by atoms with Crippen molar-refractivity contribution >= 4 is 18.4 Å². The smallest absolute Gasteiger partial charge is 0.0892 e. The molecule has 0 amide bonds. The zero-order valence-corrected chi connectivity index (χ0v) is 14.3. The fraction of sp³-hybridized carbons (Fsp3) is 0.938. The average Bonchev–Trinajstić information content (AvgIpc) is 2.43. The van der Waals surface area contributed by atoms with E-state index in [0.29, 0.717) is 0 Å². The molecule has 0 fully saturated rings. The van der Waals surface area contributed by atoms with E-state index in [1.807, 2.05) is 6.92 Å². The molecule has 0 heterocycles. The molecule has 0 radical (unpaired) electrons. The van der Waals surface area contributed by atoms with Gasteiger partial charge in [-0.15, -0.1) is 12.4 Å². The number of hydrogen-bond acceptors (Lipinski definition) is 3. The van der Waals surface area contributed by atoms with Crippen LogP contribution in [0, 0.1) is 0 Å². The van der Waals surface area contributed by atoms with Crippen molar-refractivity contribution in [2.24, 2.45) is 9.98 Å². The van der Waals surface area contributed by atoms with Crippen molar-refractivity contribution in [3.05, 3.63) is 0 Å². The summed E-state index contributed by atoms with van der Waals surface area (Å²) in [4.78, 5) is 8.02. The quantitative estimate of drug-likeness (QED) is 0.366. The molecule has 0 aromatic rings. The molecule has 0 rings (SSSR count). The van der Waals surface area contributed by atoms with Crippen LogP contribution in [0.2, 0.25) is 0 Å². The lowest BCUT2D eigenvalue weighted by atomic mass is 10.1. The normalized spacial score (nSPS) is 9.70. The SMILES string of the molecule is CCCCCCCCCCNCCCN=C=NCC.Cl. The summed E-state index contributed by atoms with van der Waals surface area (Å²) in [6, 6.07) is 2.70. The van der Waals surface area contributed by atoms with Gasteiger partial charge >= 0.3 is 0 Å². The number of nitrogens with zero attached hydrogens (tertiary/aromatic N) is 2. The highest BCUT2D eigenvalue weighted by Crippen LogP contribution is 2.07. The van der Waals surface area contributed by atoms with Gasteiger partial charge in [0.1, 0.15) is 0 Å². The van der Waals surface area contributed by atoms with Crippen molar-refractivity contribution in [2.75, 3.05) is 26.2 Å². The monoisotopic (exact) mass is 303 g/mol. The van der Waals surface area contributed by atoms with Gasteiger partial charge in [-0.3, -0.25) is 0 Å². The first-order valence-corrected chi connectivity index (χ1v) is 8.20. The third kappa shape index (κ3) is 20.0. The maximum absolute atomic E-state index is 4.09. The molecule has 0 aromatic heterocycles. The van der Waals surface area contributed by atoms with Crippen LogP contribution < -0.4 is 5.32 Å². The number of nitrogens with one attached hydrogen (secondary N) is 1. The number of unbranched alkanes of at least 4 members (excludes halogenated alkanes) is 7. The Hall–Kier alpha value is -0.370. The molecule has 120 valence electrons. The van der Waals surface area contributed by atoms with Crippen LogP contribution in [0.4, 0.5) is 0 Å². The van der Waals surface area contributed by atoms with Crippen LogP contribution in [-0.2, 0) is 0 Å². The number of hydrogen-bond donors (Lipinski definition) is 1. The number of rotatable bonds is 14. The maximum Gasteiger partial charge on any atom is 0.0892 e. The van der Waals surface area contributed by atoms with E-state index in [-0.39, 0.29) is 12.4 Å². The van der Waals surface area contributed by atoms with E-state index in [0.717, 1.165) is 32.6 Å². The summed E-state index contributed by atoms with van der Waals surface area (Å²) in [5.41, 5.74) is 0. The summed E-state index contributed by atoms with van der Waals surface area (Å²) < 4.78 is 0. The lowest BCUT2D eigenvalue weighted by molar-refractivity contribution is 0.552. The van der Waals surface area contributed by atoms with Crippen molar-refractivity contribution < 1.29 is 0 Å². The molecule has 0 aromatic carbocycles. The van der Waals surface area contributed by atoms with Gasteiger partial charge in [0.05, 0.1) is 12.6 Å². The van der Waals surface area contributed by atoms with Crippen LogP contribution in [-0.4, -0.2) is 32.2 Å². The lowest BCUT2D eigenvalue weighted by Crippen LogP contribution is -2.17. The van der Waals surface area contributed by atoms with Crippen LogP contribution in [0.1, 0.15) is 71.6 Å². The van der Waals surface area contributed by atoms with Crippen LogP contribution in [0.15, 0.2) is 9.98 Å². The highest BCUT2D eigenvalue weighted by molar-refractivity contribution is 5.85. The minimum Gasteiger partial charge on any atom is -0.317 e. The number of halogens is 1. The summed E-state index contributed by atoms with van der Waals surface area (Å²) in [5, 5.41) is 3.47. The fourth-order valence-electron chi connectivity index (χ4n) is 1.96. The molecule has 3 nitrogen and oxygen atoms in total. The van der Waals surface area contributed by atoms with Crippen LogP contribution in [0.5, 0.6) is 0 Å². The van der Waals surface area contributed by atoms with Gasteiger partial charge in [0.15, 0.2) is 0 Å². The van der Waals surface area contributed by atoms with Crippen molar-refractivity contribution in [1.29, 1.82) is 0 Å². The molecule has 0 bridgehead atoms. The van der Waals surface area contributed by atoms with Gasteiger partial charge in [-0.05, 0) is 32.9 Å². The van der Waals surface area contributed by atoms with Gasteiger partial charge in [-0.2, -0.15) is 0 Å². The summed E-state index contributed by atoms with van der Waals surface area (Å²) in [5.74, 6) is 0. The van der Waals surface area contributed by atoms with Gasteiger partial charge in [0.25, 0.3) is 0 Å². The first kappa shape index (κ1) is 21.9. The van der Waals surface area contributed by atoms with E-state index < -0.39 is 0 Å². The molecular formula is C16H34ClN3. The van der Waals surface area contributed by atoms with Crippen molar-refractivity contribution in [2.45, 2.75) is 71.6 Å². The first-order valence-electron chi connectivity index (χ1n) is 8.20. The predicted molar refractivity (Wildman–Crippen MR) is 92.6 cm³/mol. The van der Waals surface area contributed by atoms with E-state index in [9.17, 15) is 0 Å². The largest absolute Gasteiger partial charge is 0.317 e. The summed E-state index contributed by atoms with van der Waals surface area (Å²) in [6.07, 6.45) is 12.2. The van der Waals surface area contributed by atoms with Gasteiger partial charge < -0.3 is 5.32 Å². The molecule has 4 heteroatoms. The third-order valence-corrected chi connectivity index (χ3v) is 3.13. The van der Waals surface area contributed by atoms with Crippen LogP contribution in [0.3, 0.4) is 0 Å². The van der Waals surface area contributed by atoms with Gasteiger partial charge in [0, 0.05) is 6.54 Å². The molecule has 1 N–H and O–H groups in total. The molecule has 0 spiro atoms. The Labute approximate surface area is 132 Å². The standard InChI is InChI=1S/C16H33N3.ClH/c1-3-5-6-7-8-9-10-11-13-18-14-12-15-19-16-17-4-2;/h18H,3-15H2,1-2H3;1H. The third-order valence-electron chi connectivity index (χ3n) is 3.13. The van der Waals surface area contributed by atoms with E-state index in [2.05, 4.69) is 28.2 Å². The van der Waals surface area contributed by atoms with Crippen molar-refractivity contribution in [3.63, 3.8) is 0 Å². The Morgan fingerprint density at radius 3 is 2.00 bits per heavy atom. The van der Waals surface area contributed by atoms with Gasteiger partial charge in [0.2, 0.25) is 0 Å². The summed E-state index contributed by atoms with van der Waals surface area (Å²) in [7, 11) is 0. The van der Waals surface area contributed by atoms with E-state index in [4.69, 9.17) is 0 Å². The Balaban J connectivity index is 0. The second kappa shape index (κ2) is 20.9. The van der Waals surface area contributed by atoms with Crippen LogP contribution >= 0.6 is 12.4 Å². The van der Waals surface area contributed by atoms with Crippen LogP contribution in [0.25, 0.3) is 0 Å². The van der Waals surface area contributed by atoms with E-state index in [1.54, 1.807) is 0 Å². The Kier molecular flexibility index (Phi) is 22.9. The first-order chi connectivity index (χ1) is 9.41. The molecule has 0 aliphatic heterocycles. The maximum atomic E-state index is 4.09. The topological polar surface area (TPSA) is 36.8 Å². The zero-order chi connectivity index (χ0) is 14.0. The fourth-order valence-corrected chi connectivity index (χ4v) is 1.96. The average molecular weight is 304 g/mol. The minimum absolute atomic E-state index is 0. The molecule has 0 saturated heterocycles. The second-order valence-electron chi connectivity index (χ2n) is 5.03. The lowest BCUT2D eigenvalue weighted by Gasteiger charge is -2.03. The Bertz CT molecular complexity index is 226. The van der Waals surface area contributed by atoms with Crippen molar-refractivity contribution in [3.8, 4) is 0 Å². The molecule has 0 aliphatic carbocycles. The van der Waals surface area contributed by atoms with Gasteiger partial charge in [-0.1, -0.05) is 51.9 Å². The molecular weight excluding hydrogens is 270 g/mol. The summed E-state index contributed by atoms with van der Waals surface area (Å²) >= 11 is 0. The van der Waals surface area contributed by atoms with Crippen molar-refractivity contribution in [1.82, 2.24) is 5.32 Å².